The number of likely N-dealkylation sites (N-methyl/N-ethyl adjacent to an activating group) is 1. The van der Waals surface area contributed by atoms with Crippen LogP contribution in [0.4, 0.5) is 0 Å². The van der Waals surface area contributed by atoms with Gasteiger partial charge in [0.25, 0.3) is 0 Å². The molecule has 1 aromatic rings. The van der Waals surface area contributed by atoms with Crippen molar-refractivity contribution < 1.29 is 19.5 Å². The molecule has 0 saturated heterocycles. The van der Waals surface area contributed by atoms with Crippen LogP contribution in [0.5, 0.6) is 0 Å². The van der Waals surface area contributed by atoms with Crippen LogP contribution in [0, 0.1) is 0 Å². The summed E-state index contributed by atoms with van der Waals surface area (Å²) in [5.41, 5.74) is 0.815. The zero-order valence-corrected chi connectivity index (χ0v) is 16.3. The molecule has 27 heavy (non-hydrogen) atoms. The summed E-state index contributed by atoms with van der Waals surface area (Å²) in [6, 6.07) is 6.83. The van der Waals surface area contributed by atoms with Crippen molar-refractivity contribution in [2.45, 2.75) is 51.2 Å². The van der Waals surface area contributed by atoms with E-state index in [4.69, 9.17) is 16.7 Å². The van der Waals surface area contributed by atoms with Crippen molar-refractivity contribution in [2.24, 2.45) is 0 Å². The predicted molar refractivity (Wildman–Crippen MR) is 102 cm³/mol. The van der Waals surface area contributed by atoms with Crippen LogP contribution in [0.2, 0.25) is 5.02 Å². The predicted octanol–water partition coefficient (Wildman–Crippen LogP) is 1.96. The summed E-state index contributed by atoms with van der Waals surface area (Å²) >= 11 is 5.90. The Morgan fingerprint density at radius 2 is 1.89 bits per heavy atom. The number of carboxylic acids is 1. The molecule has 2 rings (SSSR count). The molecule has 0 heterocycles. The van der Waals surface area contributed by atoms with Crippen LogP contribution in [0.25, 0.3) is 0 Å². The number of nitrogens with zero attached hydrogens (tertiary/aromatic N) is 1. The lowest BCUT2D eigenvalue weighted by atomic mass is 9.85. The quantitative estimate of drug-likeness (QED) is 0.593. The van der Waals surface area contributed by atoms with Crippen molar-refractivity contribution in [1.82, 2.24) is 15.5 Å². The van der Waals surface area contributed by atoms with E-state index in [1.165, 1.54) is 6.92 Å². The minimum absolute atomic E-state index is 0.0169. The molecule has 3 N–H and O–H groups in total. The van der Waals surface area contributed by atoms with E-state index < -0.39 is 12.0 Å². The van der Waals surface area contributed by atoms with Crippen molar-refractivity contribution in [3.05, 3.63) is 34.9 Å². The number of amides is 2. The van der Waals surface area contributed by atoms with Crippen LogP contribution in [-0.4, -0.2) is 53.0 Å². The Morgan fingerprint density at radius 1 is 1.26 bits per heavy atom. The number of rotatable bonds is 9. The molecule has 1 unspecified atom stereocenters. The monoisotopic (exact) mass is 395 g/mol. The second-order valence-corrected chi connectivity index (χ2v) is 7.29. The van der Waals surface area contributed by atoms with Crippen LogP contribution in [0.15, 0.2) is 24.3 Å². The largest absolute Gasteiger partial charge is 0.480 e. The van der Waals surface area contributed by atoms with Gasteiger partial charge in [0.2, 0.25) is 11.8 Å². The van der Waals surface area contributed by atoms with Gasteiger partial charge in [-0.2, -0.15) is 0 Å². The second-order valence-electron chi connectivity index (χ2n) is 6.86. The molecule has 1 saturated carbocycles. The van der Waals surface area contributed by atoms with Crippen LogP contribution in [0.1, 0.15) is 44.7 Å². The normalized spacial score (nSPS) is 19.9. The molecule has 8 heteroatoms. The van der Waals surface area contributed by atoms with Gasteiger partial charge in [0.1, 0.15) is 0 Å². The fraction of sp³-hybridized carbons (Fsp3) is 0.526. The summed E-state index contributed by atoms with van der Waals surface area (Å²) in [6.07, 6.45) is 1.60. The van der Waals surface area contributed by atoms with Gasteiger partial charge in [0, 0.05) is 24.0 Å². The average molecular weight is 396 g/mol. The summed E-state index contributed by atoms with van der Waals surface area (Å²) < 4.78 is 0. The van der Waals surface area contributed by atoms with Gasteiger partial charge < -0.3 is 15.7 Å². The maximum atomic E-state index is 12.4. The van der Waals surface area contributed by atoms with Gasteiger partial charge in [0.05, 0.1) is 19.0 Å². The van der Waals surface area contributed by atoms with Crippen molar-refractivity contribution in [2.75, 3.05) is 13.1 Å². The number of nitrogens with one attached hydrogen (secondary N) is 2. The first-order valence-electron chi connectivity index (χ1n) is 9.06. The summed E-state index contributed by atoms with van der Waals surface area (Å²) in [5.74, 6) is -1.20. The molecule has 0 radical (unpaired) electrons. The molecule has 0 bridgehead atoms. The minimum atomic E-state index is -0.842. The zero-order chi connectivity index (χ0) is 20.0. The van der Waals surface area contributed by atoms with E-state index in [-0.39, 0.29) is 36.9 Å². The molecule has 148 valence electrons. The van der Waals surface area contributed by atoms with Gasteiger partial charge in [-0.3, -0.25) is 19.3 Å². The maximum Gasteiger partial charge on any atom is 0.317 e. The van der Waals surface area contributed by atoms with E-state index in [9.17, 15) is 14.4 Å². The molecule has 2 amide bonds. The van der Waals surface area contributed by atoms with E-state index in [2.05, 4.69) is 10.6 Å². The van der Waals surface area contributed by atoms with Crippen molar-refractivity contribution in [3.8, 4) is 0 Å². The van der Waals surface area contributed by atoms with E-state index in [1.54, 1.807) is 24.3 Å². The van der Waals surface area contributed by atoms with Gasteiger partial charge in [-0.15, -0.1) is 0 Å². The molecule has 1 aliphatic rings. The highest BCUT2D eigenvalue weighted by molar-refractivity contribution is 6.30. The number of benzene rings is 1. The van der Waals surface area contributed by atoms with Crippen LogP contribution >= 0.6 is 11.6 Å². The zero-order valence-electron chi connectivity index (χ0n) is 15.6. The fourth-order valence-electron chi connectivity index (χ4n) is 3.34. The lowest BCUT2D eigenvalue weighted by Gasteiger charge is -2.42. The molecular formula is C19H26ClN3O4. The first kappa shape index (κ1) is 21.2. The van der Waals surface area contributed by atoms with Gasteiger partial charge in [-0.05, 0) is 37.1 Å². The fourth-order valence-corrected chi connectivity index (χ4v) is 3.47. The standard InChI is InChI=1S/C19H26ClN3O4/c1-3-23(11-19(26)27)16-8-15(9-16)22-18(25)10-17(21-12(2)24)13-4-6-14(20)7-5-13/h4-7,15-17H,3,8-11H2,1-2H3,(H,21,24)(H,22,25)(H,26,27). The molecule has 7 nitrogen and oxygen atoms in total. The number of aliphatic carboxylic acids is 1. The Labute approximate surface area is 164 Å². The molecule has 1 aromatic carbocycles. The minimum Gasteiger partial charge on any atom is -0.480 e. The first-order valence-corrected chi connectivity index (χ1v) is 9.44. The Morgan fingerprint density at radius 3 is 2.41 bits per heavy atom. The number of hydrogen-bond donors (Lipinski definition) is 3. The van der Waals surface area contributed by atoms with E-state index in [0.717, 1.165) is 18.4 Å². The maximum absolute atomic E-state index is 12.4. The number of halogens is 1. The third-order valence-corrected chi connectivity index (χ3v) is 5.03. The van der Waals surface area contributed by atoms with Crippen molar-refractivity contribution in [1.29, 1.82) is 0 Å². The van der Waals surface area contributed by atoms with E-state index in [0.29, 0.717) is 11.6 Å². The van der Waals surface area contributed by atoms with Gasteiger partial charge in [-0.1, -0.05) is 30.7 Å². The summed E-state index contributed by atoms with van der Waals surface area (Å²) in [4.78, 5) is 36.7. The molecule has 0 aliphatic heterocycles. The lowest BCUT2D eigenvalue weighted by molar-refractivity contribution is -0.140. The van der Waals surface area contributed by atoms with Crippen molar-refractivity contribution >= 4 is 29.4 Å². The number of hydrogen-bond acceptors (Lipinski definition) is 4. The average Bonchev–Trinajstić information content (AvgIpc) is 2.55. The van der Waals surface area contributed by atoms with E-state index in [1.807, 2.05) is 11.8 Å². The Balaban J connectivity index is 1.87. The molecule has 1 atom stereocenters. The number of carboxylic acid groups (broad SMARTS) is 1. The second kappa shape index (κ2) is 9.71. The SMILES string of the molecule is CCN(CC(=O)O)C1CC(NC(=O)CC(NC(C)=O)c2ccc(Cl)cc2)C1. The lowest BCUT2D eigenvalue weighted by Crippen LogP contribution is -2.55. The van der Waals surface area contributed by atoms with Crippen LogP contribution < -0.4 is 10.6 Å². The highest BCUT2D eigenvalue weighted by Gasteiger charge is 2.35. The van der Waals surface area contributed by atoms with Gasteiger partial charge in [0.15, 0.2) is 0 Å². The topological polar surface area (TPSA) is 98.7 Å². The third kappa shape index (κ3) is 6.52. The van der Waals surface area contributed by atoms with Crippen LogP contribution in [-0.2, 0) is 14.4 Å². The first-order chi connectivity index (χ1) is 12.8. The third-order valence-electron chi connectivity index (χ3n) is 4.78. The smallest absolute Gasteiger partial charge is 0.317 e. The summed E-state index contributed by atoms with van der Waals surface area (Å²) in [5, 5.41) is 15.3. The Bertz CT molecular complexity index is 674. The van der Waals surface area contributed by atoms with Gasteiger partial charge >= 0.3 is 5.97 Å². The van der Waals surface area contributed by atoms with E-state index >= 15 is 0 Å². The summed E-state index contributed by atoms with van der Waals surface area (Å²) in [7, 11) is 0. The Hall–Kier alpha value is -2.12. The number of carbonyl (C=O) groups excluding carboxylic acids is 2. The molecule has 0 aromatic heterocycles. The Kier molecular flexibility index (Phi) is 7.62. The van der Waals surface area contributed by atoms with Crippen LogP contribution in [0.3, 0.4) is 0 Å². The molecule has 1 fully saturated rings. The molecular weight excluding hydrogens is 370 g/mol. The summed E-state index contributed by atoms with van der Waals surface area (Å²) in [6.45, 7) is 4.03. The number of carbonyl (C=O) groups is 3. The highest BCUT2D eigenvalue weighted by atomic mass is 35.5. The molecule has 1 aliphatic carbocycles. The van der Waals surface area contributed by atoms with Crippen molar-refractivity contribution in [3.63, 3.8) is 0 Å². The highest BCUT2D eigenvalue weighted by Crippen LogP contribution is 2.26. The van der Waals surface area contributed by atoms with Gasteiger partial charge in [-0.25, -0.2) is 0 Å². The molecule has 0 spiro atoms.